The molecule has 0 aliphatic carbocycles. The average molecular weight is 314 g/mol. The Morgan fingerprint density at radius 1 is 1.30 bits per heavy atom. The number of benzene rings is 1. The molecule has 3 rings (SSSR count). The number of nitrogens with two attached hydrogens (primary N) is 1. The standard InChI is InChI=1S/C17H22N4O2/c1-16(2)8-11(9-17(3,4)21(16)23)20-10-19-14-12(15(18)22)6-5-7-13(14)20/h5-8,10,23H,9H2,1-4H3,(H2,18,22). The number of fused-ring (bicyclic) bond motifs is 1. The lowest BCUT2D eigenvalue weighted by molar-refractivity contribution is -0.211. The number of nitrogens with zero attached hydrogens (tertiary/aromatic N) is 3. The van der Waals surface area contributed by atoms with Crippen LogP contribution in [0.25, 0.3) is 16.7 Å². The monoisotopic (exact) mass is 314 g/mol. The molecule has 0 spiro atoms. The Bertz CT molecular complexity index is 817. The van der Waals surface area contributed by atoms with Crippen molar-refractivity contribution in [1.29, 1.82) is 0 Å². The maximum atomic E-state index is 11.6. The van der Waals surface area contributed by atoms with E-state index in [4.69, 9.17) is 5.73 Å². The van der Waals surface area contributed by atoms with E-state index in [1.165, 1.54) is 5.06 Å². The first kappa shape index (κ1) is 15.7. The summed E-state index contributed by atoms with van der Waals surface area (Å²) in [6.45, 7) is 7.91. The zero-order valence-corrected chi connectivity index (χ0v) is 13.9. The Morgan fingerprint density at radius 3 is 2.61 bits per heavy atom. The number of primary amides is 1. The molecule has 0 saturated carbocycles. The zero-order valence-electron chi connectivity index (χ0n) is 13.9. The highest BCUT2D eigenvalue weighted by Gasteiger charge is 2.41. The van der Waals surface area contributed by atoms with Crippen molar-refractivity contribution in [2.45, 2.75) is 45.2 Å². The molecule has 2 aromatic rings. The molecular weight excluding hydrogens is 292 g/mol. The van der Waals surface area contributed by atoms with Crippen molar-refractivity contribution in [1.82, 2.24) is 14.6 Å². The number of para-hydroxylation sites is 1. The third-order valence-electron chi connectivity index (χ3n) is 4.40. The molecular formula is C17H22N4O2. The molecule has 122 valence electrons. The number of imidazole rings is 1. The van der Waals surface area contributed by atoms with Crippen LogP contribution in [-0.4, -0.2) is 36.8 Å². The number of carbonyl (C=O) groups excluding carboxylic acids is 1. The molecule has 0 radical (unpaired) electrons. The fourth-order valence-corrected chi connectivity index (χ4v) is 3.44. The van der Waals surface area contributed by atoms with E-state index in [2.05, 4.69) is 4.98 Å². The van der Waals surface area contributed by atoms with Crippen molar-refractivity contribution >= 4 is 22.6 Å². The van der Waals surface area contributed by atoms with E-state index in [1.54, 1.807) is 18.5 Å². The summed E-state index contributed by atoms with van der Waals surface area (Å²) in [5, 5.41) is 11.8. The summed E-state index contributed by atoms with van der Waals surface area (Å²) < 4.78 is 1.97. The van der Waals surface area contributed by atoms with Gasteiger partial charge in [0.2, 0.25) is 0 Å². The molecule has 1 aliphatic heterocycles. The third kappa shape index (κ3) is 2.44. The second kappa shape index (κ2) is 4.91. The largest absolute Gasteiger partial charge is 0.366 e. The second-order valence-electron chi connectivity index (χ2n) is 7.24. The zero-order chi connectivity index (χ0) is 17.0. The summed E-state index contributed by atoms with van der Waals surface area (Å²) >= 11 is 0. The van der Waals surface area contributed by atoms with Gasteiger partial charge in [0.1, 0.15) is 11.8 Å². The smallest absolute Gasteiger partial charge is 0.250 e. The minimum atomic E-state index is -0.505. The Balaban J connectivity index is 2.18. The van der Waals surface area contributed by atoms with Gasteiger partial charge in [0, 0.05) is 17.7 Å². The second-order valence-corrected chi connectivity index (χ2v) is 7.24. The average Bonchev–Trinajstić information content (AvgIpc) is 2.87. The van der Waals surface area contributed by atoms with Gasteiger partial charge < -0.3 is 15.5 Å². The molecule has 0 bridgehead atoms. The molecule has 2 heterocycles. The Labute approximate surface area is 135 Å². The summed E-state index contributed by atoms with van der Waals surface area (Å²) in [6, 6.07) is 5.40. The van der Waals surface area contributed by atoms with Gasteiger partial charge in [0.05, 0.1) is 16.6 Å². The molecule has 23 heavy (non-hydrogen) atoms. The predicted octanol–water partition coefficient (Wildman–Crippen LogP) is 2.63. The van der Waals surface area contributed by atoms with Gasteiger partial charge in [-0.25, -0.2) is 4.98 Å². The molecule has 0 unspecified atom stereocenters. The number of rotatable bonds is 2. The Morgan fingerprint density at radius 2 is 2.00 bits per heavy atom. The molecule has 1 aromatic carbocycles. The topological polar surface area (TPSA) is 84.4 Å². The molecule has 1 amide bonds. The van der Waals surface area contributed by atoms with Gasteiger partial charge in [-0.3, -0.25) is 4.79 Å². The van der Waals surface area contributed by atoms with Crippen molar-refractivity contribution in [2.24, 2.45) is 5.73 Å². The van der Waals surface area contributed by atoms with Gasteiger partial charge in [-0.1, -0.05) is 6.07 Å². The fraction of sp³-hybridized carbons (Fsp3) is 0.412. The summed E-state index contributed by atoms with van der Waals surface area (Å²) in [4.78, 5) is 15.9. The first-order valence-corrected chi connectivity index (χ1v) is 7.61. The highest BCUT2D eigenvalue weighted by molar-refractivity contribution is 6.04. The van der Waals surface area contributed by atoms with Crippen LogP contribution in [0.2, 0.25) is 0 Å². The minimum Gasteiger partial charge on any atom is -0.366 e. The van der Waals surface area contributed by atoms with Gasteiger partial charge in [-0.05, 0) is 45.9 Å². The van der Waals surface area contributed by atoms with Crippen LogP contribution in [0.1, 0.15) is 44.5 Å². The van der Waals surface area contributed by atoms with Crippen molar-refractivity contribution in [2.75, 3.05) is 0 Å². The summed E-state index contributed by atoms with van der Waals surface area (Å²) in [5.41, 5.74) is 7.40. The SMILES string of the molecule is CC1(C)C=C(n2cnc3c(C(N)=O)cccc32)CC(C)(C)N1O. The minimum absolute atomic E-state index is 0.411. The number of hydroxylamine groups is 2. The molecule has 1 aromatic heterocycles. The van der Waals surface area contributed by atoms with Crippen LogP contribution < -0.4 is 5.73 Å². The number of hydrogen-bond donors (Lipinski definition) is 2. The summed E-state index contributed by atoms with van der Waals surface area (Å²) in [7, 11) is 0. The molecule has 3 N–H and O–H groups in total. The van der Waals surface area contributed by atoms with Crippen molar-refractivity contribution in [3.63, 3.8) is 0 Å². The van der Waals surface area contributed by atoms with Crippen LogP contribution in [0.4, 0.5) is 0 Å². The third-order valence-corrected chi connectivity index (χ3v) is 4.40. The van der Waals surface area contributed by atoms with Crippen LogP contribution >= 0.6 is 0 Å². The summed E-state index contributed by atoms with van der Waals surface area (Å²) in [6.07, 6.45) is 4.39. The van der Waals surface area contributed by atoms with E-state index >= 15 is 0 Å². The quantitative estimate of drug-likeness (QED) is 0.892. The van der Waals surface area contributed by atoms with Crippen molar-refractivity contribution in [3.05, 3.63) is 36.2 Å². The molecule has 6 heteroatoms. The van der Waals surface area contributed by atoms with E-state index < -0.39 is 17.0 Å². The molecule has 0 saturated heterocycles. The van der Waals surface area contributed by atoms with Gasteiger partial charge >= 0.3 is 0 Å². The van der Waals surface area contributed by atoms with Gasteiger partial charge in [0.15, 0.2) is 0 Å². The maximum Gasteiger partial charge on any atom is 0.250 e. The summed E-state index contributed by atoms with van der Waals surface area (Å²) in [5.74, 6) is -0.485. The van der Waals surface area contributed by atoms with E-state index in [0.717, 1.165) is 11.2 Å². The van der Waals surface area contributed by atoms with Crippen LogP contribution in [-0.2, 0) is 0 Å². The first-order chi connectivity index (χ1) is 10.6. The lowest BCUT2D eigenvalue weighted by atomic mass is 9.85. The first-order valence-electron chi connectivity index (χ1n) is 7.61. The Kier molecular flexibility index (Phi) is 3.35. The molecule has 6 nitrogen and oxygen atoms in total. The highest BCUT2D eigenvalue weighted by Crippen LogP contribution is 2.38. The van der Waals surface area contributed by atoms with Gasteiger partial charge in [-0.15, -0.1) is 0 Å². The van der Waals surface area contributed by atoms with E-state index in [9.17, 15) is 10.0 Å². The number of hydrogen-bond acceptors (Lipinski definition) is 4. The van der Waals surface area contributed by atoms with Crippen LogP contribution in [0.5, 0.6) is 0 Å². The van der Waals surface area contributed by atoms with Crippen LogP contribution in [0, 0.1) is 0 Å². The van der Waals surface area contributed by atoms with Gasteiger partial charge in [0.25, 0.3) is 5.91 Å². The maximum absolute atomic E-state index is 11.6. The van der Waals surface area contributed by atoms with Crippen LogP contribution in [0.15, 0.2) is 30.6 Å². The molecule has 0 atom stereocenters. The normalized spacial score (nSPS) is 20.5. The van der Waals surface area contributed by atoms with Crippen LogP contribution in [0.3, 0.4) is 0 Å². The lowest BCUT2D eigenvalue weighted by Gasteiger charge is -2.47. The van der Waals surface area contributed by atoms with Crippen molar-refractivity contribution < 1.29 is 10.0 Å². The van der Waals surface area contributed by atoms with E-state index in [-0.39, 0.29) is 0 Å². The Hall–Kier alpha value is -2.18. The number of aromatic nitrogens is 2. The number of amides is 1. The highest BCUT2D eigenvalue weighted by atomic mass is 16.5. The van der Waals surface area contributed by atoms with Crippen molar-refractivity contribution in [3.8, 4) is 0 Å². The lowest BCUT2D eigenvalue weighted by Crippen LogP contribution is -2.55. The molecule has 1 aliphatic rings. The fourth-order valence-electron chi connectivity index (χ4n) is 3.44. The predicted molar refractivity (Wildman–Crippen MR) is 88.9 cm³/mol. The van der Waals surface area contributed by atoms with Gasteiger partial charge in [-0.2, -0.15) is 5.06 Å². The van der Waals surface area contributed by atoms with E-state index in [1.807, 2.05) is 44.4 Å². The molecule has 0 fully saturated rings. The van der Waals surface area contributed by atoms with E-state index in [0.29, 0.717) is 17.5 Å². The number of carbonyl (C=O) groups is 1.